The van der Waals surface area contributed by atoms with Crippen molar-refractivity contribution >= 4 is 43.1 Å². The van der Waals surface area contributed by atoms with Gasteiger partial charge < -0.3 is 25.4 Å². The third kappa shape index (κ3) is 5.25. The molecule has 2 aromatic heterocycles. The molecule has 0 amide bonds. The highest BCUT2D eigenvalue weighted by atomic mass is 32.1. The van der Waals surface area contributed by atoms with Gasteiger partial charge in [-0.15, -0.1) is 11.3 Å². The van der Waals surface area contributed by atoms with Crippen LogP contribution in [-0.2, 0) is 4.74 Å². The molecule has 5 aliphatic rings. The van der Waals surface area contributed by atoms with E-state index in [0.29, 0.717) is 42.9 Å². The van der Waals surface area contributed by atoms with E-state index in [-0.39, 0.29) is 66.4 Å². The summed E-state index contributed by atoms with van der Waals surface area (Å²) < 4.78 is 44.7. The predicted molar refractivity (Wildman–Crippen MR) is 187 cm³/mol. The Hall–Kier alpha value is -4.14. The van der Waals surface area contributed by atoms with Gasteiger partial charge in [-0.3, -0.25) is 4.90 Å². The normalized spacial score (nSPS) is 25.7. The van der Waals surface area contributed by atoms with Crippen LogP contribution in [0, 0.1) is 45.6 Å². The van der Waals surface area contributed by atoms with Crippen molar-refractivity contribution in [1.82, 2.24) is 20.2 Å². The standard InChI is InChI=1S/C37H38F2N8O2S/c38-28-5-4-25(30-27(13-41)34(42)50-33(28)30)29-21(12-40)11-26-32(31(29)39)44-36(45-35(26)46-15-22-2-3-23(16-46)43-22)49-19-37(7-1-8-37)18-47-14-20-6-9-48-17-24(47)10-20/h4-5,11,20,22-24,43H,1-3,6-10,14-19,42H2. The van der Waals surface area contributed by atoms with Crippen molar-refractivity contribution in [3.8, 4) is 29.3 Å². The molecule has 4 atom stereocenters. The lowest BCUT2D eigenvalue weighted by molar-refractivity contribution is -0.00874. The maximum atomic E-state index is 17.2. The van der Waals surface area contributed by atoms with E-state index in [9.17, 15) is 14.9 Å². The van der Waals surface area contributed by atoms with Crippen LogP contribution in [0.4, 0.5) is 19.6 Å². The number of aromatic nitrogens is 2. The number of rotatable bonds is 7. The molecule has 258 valence electrons. The summed E-state index contributed by atoms with van der Waals surface area (Å²) in [5, 5.41) is 24.7. The predicted octanol–water partition coefficient (Wildman–Crippen LogP) is 5.72. The first kappa shape index (κ1) is 31.8. The lowest BCUT2D eigenvalue weighted by Gasteiger charge is -2.45. The number of nitrogen functional groups attached to an aromatic ring is 1. The lowest BCUT2D eigenvalue weighted by Crippen LogP contribution is -2.51. The number of fused-ring (bicyclic) bond motifs is 6. The van der Waals surface area contributed by atoms with Gasteiger partial charge in [0.05, 0.1) is 35.1 Å². The zero-order valence-electron chi connectivity index (χ0n) is 27.7. The maximum absolute atomic E-state index is 17.2. The molecule has 9 rings (SSSR count). The quantitative estimate of drug-likeness (QED) is 0.247. The molecule has 4 saturated heterocycles. The highest BCUT2D eigenvalue weighted by Gasteiger charge is 2.44. The zero-order valence-corrected chi connectivity index (χ0v) is 28.5. The molecule has 1 saturated carbocycles. The van der Waals surface area contributed by atoms with E-state index in [1.165, 1.54) is 18.6 Å². The Kier molecular flexibility index (Phi) is 7.81. The fraction of sp³-hybridized carbons (Fsp3) is 0.514. The monoisotopic (exact) mass is 696 g/mol. The van der Waals surface area contributed by atoms with Crippen LogP contribution in [0.1, 0.15) is 56.1 Å². The van der Waals surface area contributed by atoms with E-state index >= 15 is 4.39 Å². The van der Waals surface area contributed by atoms with Crippen molar-refractivity contribution in [2.75, 3.05) is 56.6 Å². The molecule has 0 radical (unpaired) electrons. The molecule has 2 aromatic carbocycles. The molecular formula is C37H38F2N8O2S. The van der Waals surface area contributed by atoms with Crippen molar-refractivity contribution in [2.24, 2.45) is 11.3 Å². The fourth-order valence-corrected chi connectivity index (χ4v) is 10.1. The number of anilines is 2. The minimum absolute atomic E-state index is 0.0217. The number of nitriles is 2. The van der Waals surface area contributed by atoms with Gasteiger partial charge in [0.15, 0.2) is 5.82 Å². The Labute approximate surface area is 292 Å². The first-order valence-corrected chi connectivity index (χ1v) is 18.5. The second-order valence-corrected chi connectivity index (χ2v) is 16.0. The van der Waals surface area contributed by atoms with E-state index < -0.39 is 11.6 Å². The minimum Gasteiger partial charge on any atom is -0.463 e. The van der Waals surface area contributed by atoms with Crippen molar-refractivity contribution in [3.05, 3.63) is 41.0 Å². The number of ether oxygens (including phenoxy) is 2. The summed E-state index contributed by atoms with van der Waals surface area (Å²) in [6, 6.07) is 9.57. The van der Waals surface area contributed by atoms with E-state index in [4.69, 9.17) is 25.2 Å². The summed E-state index contributed by atoms with van der Waals surface area (Å²) in [5.41, 5.74) is 6.35. The molecule has 1 aliphatic carbocycles. The van der Waals surface area contributed by atoms with E-state index in [1.807, 2.05) is 0 Å². The minimum atomic E-state index is -0.744. The molecule has 4 unspecified atom stereocenters. The number of benzene rings is 2. The molecule has 50 heavy (non-hydrogen) atoms. The Morgan fingerprint density at radius 1 is 1.10 bits per heavy atom. The summed E-state index contributed by atoms with van der Waals surface area (Å²) >= 11 is 0.932. The summed E-state index contributed by atoms with van der Waals surface area (Å²) in [4.78, 5) is 14.4. The molecular weight excluding hydrogens is 659 g/mol. The molecule has 4 aromatic rings. The van der Waals surface area contributed by atoms with Crippen LogP contribution in [0.5, 0.6) is 6.01 Å². The van der Waals surface area contributed by atoms with E-state index in [0.717, 1.165) is 76.2 Å². The first-order chi connectivity index (χ1) is 24.3. The fourth-order valence-electron chi connectivity index (χ4n) is 9.13. The number of nitrogens with two attached hydrogens (primary N) is 1. The Bertz CT molecular complexity index is 2090. The van der Waals surface area contributed by atoms with Gasteiger partial charge in [-0.25, -0.2) is 8.78 Å². The van der Waals surface area contributed by atoms with Gasteiger partial charge >= 0.3 is 6.01 Å². The van der Waals surface area contributed by atoms with Gasteiger partial charge in [0.2, 0.25) is 0 Å². The molecule has 3 N–H and O–H groups in total. The third-order valence-corrected chi connectivity index (χ3v) is 12.8. The average Bonchev–Trinajstić information content (AvgIpc) is 3.69. The van der Waals surface area contributed by atoms with Crippen LogP contribution in [0.25, 0.3) is 32.1 Å². The van der Waals surface area contributed by atoms with Gasteiger partial charge in [0, 0.05) is 72.7 Å². The number of thiophene rings is 1. The largest absolute Gasteiger partial charge is 0.463 e. The second-order valence-electron chi connectivity index (χ2n) is 14.9. The van der Waals surface area contributed by atoms with Crippen LogP contribution in [0.15, 0.2) is 18.2 Å². The van der Waals surface area contributed by atoms with Crippen LogP contribution in [0.2, 0.25) is 0 Å². The SMILES string of the molecule is N#Cc1cc2c(N3CC4CCC(C3)N4)nc(OCC3(CN4CC5CCOCC4C5)CCC3)nc2c(F)c1-c1ccc(F)c2sc(N)c(C#N)c12. The average molecular weight is 697 g/mol. The molecule has 6 heterocycles. The van der Waals surface area contributed by atoms with Gasteiger partial charge in [-0.1, -0.05) is 12.5 Å². The molecule has 10 nitrogen and oxygen atoms in total. The molecule has 0 spiro atoms. The number of piperazine rings is 1. The molecule has 4 aliphatic heterocycles. The number of nitrogens with one attached hydrogen (secondary N) is 1. The highest BCUT2D eigenvalue weighted by Crippen LogP contribution is 2.46. The Balaban J connectivity index is 1.14. The van der Waals surface area contributed by atoms with Gasteiger partial charge in [0.1, 0.15) is 28.2 Å². The Morgan fingerprint density at radius 3 is 2.66 bits per heavy atom. The number of halogens is 2. The zero-order chi connectivity index (χ0) is 34.1. The lowest BCUT2D eigenvalue weighted by atomic mass is 9.69. The number of likely N-dealkylation sites (tertiary alicyclic amines) is 1. The Morgan fingerprint density at radius 2 is 1.92 bits per heavy atom. The van der Waals surface area contributed by atoms with Crippen LogP contribution < -0.4 is 20.7 Å². The first-order valence-electron chi connectivity index (χ1n) is 17.6. The third-order valence-electron chi connectivity index (χ3n) is 11.8. The van der Waals surface area contributed by atoms with Gasteiger partial charge in [0.25, 0.3) is 0 Å². The highest BCUT2D eigenvalue weighted by molar-refractivity contribution is 7.23. The molecule has 13 heteroatoms. The van der Waals surface area contributed by atoms with Crippen molar-refractivity contribution in [1.29, 1.82) is 10.5 Å². The van der Waals surface area contributed by atoms with Crippen molar-refractivity contribution in [2.45, 2.75) is 63.1 Å². The smallest absolute Gasteiger partial charge is 0.319 e. The van der Waals surface area contributed by atoms with E-state index in [2.05, 4.69) is 27.3 Å². The summed E-state index contributed by atoms with van der Waals surface area (Å²) in [5.74, 6) is -0.100. The molecule has 4 bridgehead atoms. The number of hydrogen-bond donors (Lipinski definition) is 2. The van der Waals surface area contributed by atoms with Crippen LogP contribution in [-0.4, -0.2) is 79.0 Å². The summed E-state index contributed by atoms with van der Waals surface area (Å²) in [6.45, 7) is 5.44. The topological polar surface area (TPSA) is 136 Å². The van der Waals surface area contributed by atoms with Crippen LogP contribution >= 0.6 is 11.3 Å². The summed E-state index contributed by atoms with van der Waals surface area (Å²) in [6.07, 6.45) is 7.60. The number of nitrogens with zero attached hydrogens (tertiary/aromatic N) is 6. The van der Waals surface area contributed by atoms with Crippen LogP contribution in [0.3, 0.4) is 0 Å². The van der Waals surface area contributed by atoms with Gasteiger partial charge in [-0.05, 0) is 62.1 Å². The molecule has 5 fully saturated rings. The van der Waals surface area contributed by atoms with Crippen molar-refractivity contribution < 1.29 is 18.3 Å². The van der Waals surface area contributed by atoms with Crippen molar-refractivity contribution in [3.63, 3.8) is 0 Å². The summed E-state index contributed by atoms with van der Waals surface area (Å²) in [7, 11) is 0. The second kappa shape index (κ2) is 12.3. The van der Waals surface area contributed by atoms with Gasteiger partial charge in [-0.2, -0.15) is 20.5 Å². The van der Waals surface area contributed by atoms with E-state index in [1.54, 1.807) is 6.07 Å². The maximum Gasteiger partial charge on any atom is 0.319 e. The number of hydrogen-bond acceptors (Lipinski definition) is 11.